The molecule has 2 aliphatic carbocycles. The number of hydrogen-bond donors (Lipinski definition) is 4. The highest BCUT2D eigenvalue weighted by atomic mass is 32.2. The Bertz CT molecular complexity index is 1310. The van der Waals surface area contributed by atoms with E-state index in [4.69, 9.17) is 0 Å². The molecular weight excluding hydrogens is 480 g/mol. The van der Waals surface area contributed by atoms with Gasteiger partial charge in [0.25, 0.3) is 5.91 Å². The molecule has 0 aliphatic heterocycles. The first kappa shape index (κ1) is 24.3. The zero-order valence-corrected chi connectivity index (χ0v) is 20.9. The molecule has 0 atom stereocenters. The van der Waals surface area contributed by atoms with Gasteiger partial charge in [0.05, 0.1) is 11.4 Å². The van der Waals surface area contributed by atoms with Crippen LogP contribution in [0.25, 0.3) is 0 Å². The Kier molecular flexibility index (Phi) is 6.97. The van der Waals surface area contributed by atoms with E-state index in [1.165, 1.54) is 36.9 Å². The summed E-state index contributed by atoms with van der Waals surface area (Å²) in [4.78, 5) is 25.6. The van der Waals surface area contributed by atoms with E-state index >= 15 is 0 Å². The molecule has 4 N–H and O–H groups in total. The molecule has 5 rings (SSSR count). The van der Waals surface area contributed by atoms with Crippen molar-refractivity contribution in [1.29, 1.82) is 0 Å². The Morgan fingerprint density at radius 1 is 1.03 bits per heavy atom. The maximum Gasteiger partial charge on any atom is 0.270 e. The number of anilines is 2. The van der Waals surface area contributed by atoms with E-state index in [-0.39, 0.29) is 22.5 Å². The summed E-state index contributed by atoms with van der Waals surface area (Å²) >= 11 is 0. The number of aromatic nitrogens is 5. The molecular formula is C24H30N8O3S. The predicted octanol–water partition coefficient (Wildman–Crippen LogP) is 2.45. The standard InChI is InChI=1S/C24H30N8O3S/c1-36(34,35)18-8-9-19(27-13-18)24(33)28-17-6-4-16(5-7-17)26-14-23-25-11-10-21(30-23)29-22-12-20(31-32-22)15-2-3-15/h8-13,15-17,26H,2-7,14H2,1H3,(H,28,33)(H2,25,29,30,31,32). The molecule has 0 bridgehead atoms. The molecule has 3 aromatic rings. The lowest BCUT2D eigenvalue weighted by Gasteiger charge is -2.29. The van der Waals surface area contributed by atoms with Crippen molar-refractivity contribution in [3.63, 3.8) is 0 Å². The van der Waals surface area contributed by atoms with Gasteiger partial charge in [-0.15, -0.1) is 0 Å². The zero-order valence-electron chi connectivity index (χ0n) is 20.1. The van der Waals surface area contributed by atoms with Crippen molar-refractivity contribution in [3.05, 3.63) is 53.9 Å². The average Bonchev–Trinajstić information content (AvgIpc) is 3.62. The van der Waals surface area contributed by atoms with E-state index in [0.29, 0.717) is 30.1 Å². The highest BCUT2D eigenvalue weighted by Crippen LogP contribution is 2.39. The van der Waals surface area contributed by atoms with Crippen molar-refractivity contribution in [2.45, 2.75) is 68.0 Å². The fourth-order valence-electron chi connectivity index (χ4n) is 4.36. The third kappa shape index (κ3) is 6.24. The minimum Gasteiger partial charge on any atom is -0.348 e. The van der Waals surface area contributed by atoms with Crippen LogP contribution in [-0.4, -0.2) is 57.8 Å². The highest BCUT2D eigenvalue weighted by molar-refractivity contribution is 7.90. The monoisotopic (exact) mass is 510 g/mol. The smallest absolute Gasteiger partial charge is 0.270 e. The molecule has 0 saturated heterocycles. The first-order chi connectivity index (χ1) is 17.3. The topological polar surface area (TPSA) is 155 Å². The van der Waals surface area contributed by atoms with Crippen LogP contribution in [0.2, 0.25) is 0 Å². The van der Waals surface area contributed by atoms with Gasteiger partial charge in [0.2, 0.25) is 0 Å². The summed E-state index contributed by atoms with van der Waals surface area (Å²) in [5.41, 5.74) is 1.38. The average molecular weight is 511 g/mol. The lowest BCUT2D eigenvalue weighted by atomic mass is 9.91. The molecule has 0 unspecified atom stereocenters. The van der Waals surface area contributed by atoms with Crippen molar-refractivity contribution in [2.75, 3.05) is 11.6 Å². The lowest BCUT2D eigenvalue weighted by Crippen LogP contribution is -2.42. The molecule has 11 nitrogen and oxygen atoms in total. The van der Waals surface area contributed by atoms with Crippen molar-refractivity contribution in [3.8, 4) is 0 Å². The number of rotatable bonds is 9. The number of amides is 1. The third-order valence-corrected chi connectivity index (χ3v) is 7.68. The summed E-state index contributed by atoms with van der Waals surface area (Å²) in [6.07, 6.45) is 10.0. The van der Waals surface area contributed by atoms with E-state index in [1.54, 1.807) is 6.20 Å². The molecule has 0 radical (unpaired) electrons. The first-order valence-electron chi connectivity index (χ1n) is 12.2. The molecule has 2 fully saturated rings. The summed E-state index contributed by atoms with van der Waals surface area (Å²) in [5.74, 6) is 2.51. The molecule has 190 valence electrons. The zero-order chi connectivity index (χ0) is 25.1. The molecule has 12 heteroatoms. The van der Waals surface area contributed by atoms with Crippen molar-refractivity contribution in [2.24, 2.45) is 0 Å². The van der Waals surface area contributed by atoms with Crippen molar-refractivity contribution >= 4 is 27.4 Å². The second kappa shape index (κ2) is 10.3. The lowest BCUT2D eigenvalue weighted by molar-refractivity contribution is 0.0919. The number of nitrogens with zero attached hydrogens (tertiary/aromatic N) is 4. The first-order valence-corrected chi connectivity index (χ1v) is 14.1. The molecule has 0 spiro atoms. The minimum atomic E-state index is -3.34. The van der Waals surface area contributed by atoms with Gasteiger partial charge < -0.3 is 16.0 Å². The Balaban J connectivity index is 1.06. The van der Waals surface area contributed by atoms with Crippen LogP contribution in [0.4, 0.5) is 11.6 Å². The second-order valence-corrected chi connectivity index (χ2v) is 11.5. The van der Waals surface area contributed by atoms with Crippen molar-refractivity contribution < 1.29 is 13.2 Å². The molecule has 1 amide bonds. The van der Waals surface area contributed by atoms with Crippen LogP contribution in [0.5, 0.6) is 0 Å². The third-order valence-electron chi connectivity index (χ3n) is 6.58. The van der Waals surface area contributed by atoms with Gasteiger partial charge >= 0.3 is 0 Å². The Morgan fingerprint density at radius 2 is 1.81 bits per heavy atom. The van der Waals surface area contributed by atoms with Crippen LogP contribution >= 0.6 is 0 Å². The van der Waals surface area contributed by atoms with Crippen LogP contribution in [0.15, 0.2) is 41.6 Å². The Morgan fingerprint density at radius 3 is 2.50 bits per heavy atom. The summed E-state index contributed by atoms with van der Waals surface area (Å²) in [7, 11) is -3.34. The quantitative estimate of drug-likeness (QED) is 0.340. The van der Waals surface area contributed by atoms with Gasteiger partial charge in [-0.3, -0.25) is 9.89 Å². The van der Waals surface area contributed by atoms with Crippen LogP contribution in [0.3, 0.4) is 0 Å². The number of carbonyl (C=O) groups excluding carboxylic acids is 1. The maximum atomic E-state index is 12.5. The van der Waals surface area contributed by atoms with Gasteiger partial charge in [-0.2, -0.15) is 5.10 Å². The van der Waals surface area contributed by atoms with Crippen LogP contribution in [-0.2, 0) is 16.4 Å². The van der Waals surface area contributed by atoms with E-state index in [0.717, 1.165) is 37.8 Å². The Hall–Kier alpha value is -3.38. The highest BCUT2D eigenvalue weighted by Gasteiger charge is 2.26. The number of H-pyrrole nitrogens is 1. The van der Waals surface area contributed by atoms with Crippen LogP contribution < -0.4 is 16.0 Å². The molecule has 2 saturated carbocycles. The SMILES string of the molecule is CS(=O)(=O)c1ccc(C(=O)NC2CCC(NCc3nccc(Nc4cc(C5CC5)[nH]n4)n3)CC2)nc1. The number of sulfone groups is 1. The molecule has 0 aromatic carbocycles. The van der Waals surface area contributed by atoms with Gasteiger partial charge in [-0.25, -0.2) is 23.4 Å². The summed E-state index contributed by atoms with van der Waals surface area (Å²) in [6, 6.07) is 7.09. The Labute approximate surface area is 209 Å². The van der Waals surface area contributed by atoms with E-state index in [9.17, 15) is 13.2 Å². The summed E-state index contributed by atoms with van der Waals surface area (Å²) < 4.78 is 23.1. The van der Waals surface area contributed by atoms with Gasteiger partial charge in [0.1, 0.15) is 17.3 Å². The maximum absolute atomic E-state index is 12.5. The normalized spacial score (nSPS) is 20.1. The van der Waals surface area contributed by atoms with Gasteiger partial charge in [0.15, 0.2) is 15.7 Å². The number of nitrogens with one attached hydrogen (secondary N) is 4. The number of aromatic amines is 1. The number of carbonyl (C=O) groups is 1. The fraction of sp³-hybridized carbons (Fsp3) is 0.458. The van der Waals surface area contributed by atoms with Crippen LogP contribution in [0.1, 0.15) is 66.4 Å². The van der Waals surface area contributed by atoms with Gasteiger partial charge in [0, 0.05) is 48.4 Å². The van der Waals surface area contributed by atoms with Crippen LogP contribution in [0, 0.1) is 0 Å². The molecule has 36 heavy (non-hydrogen) atoms. The second-order valence-electron chi connectivity index (χ2n) is 9.52. The van der Waals surface area contributed by atoms with Gasteiger partial charge in [-0.1, -0.05) is 0 Å². The minimum absolute atomic E-state index is 0.0603. The van der Waals surface area contributed by atoms with Crippen molar-refractivity contribution in [1.82, 2.24) is 35.8 Å². The predicted molar refractivity (Wildman–Crippen MR) is 134 cm³/mol. The van der Waals surface area contributed by atoms with Gasteiger partial charge in [-0.05, 0) is 56.7 Å². The van der Waals surface area contributed by atoms with E-state index in [1.807, 2.05) is 12.1 Å². The van der Waals surface area contributed by atoms with E-state index < -0.39 is 9.84 Å². The number of hydrogen-bond acceptors (Lipinski definition) is 9. The largest absolute Gasteiger partial charge is 0.348 e. The number of pyridine rings is 1. The molecule has 3 aromatic heterocycles. The molecule has 3 heterocycles. The summed E-state index contributed by atoms with van der Waals surface area (Å²) in [5, 5.41) is 17.2. The summed E-state index contributed by atoms with van der Waals surface area (Å²) in [6.45, 7) is 0.557. The van der Waals surface area contributed by atoms with E-state index in [2.05, 4.69) is 41.1 Å². The fourth-order valence-corrected chi connectivity index (χ4v) is 4.92. The molecule has 2 aliphatic rings.